The van der Waals surface area contributed by atoms with Crippen molar-refractivity contribution in [3.63, 3.8) is 0 Å². The summed E-state index contributed by atoms with van der Waals surface area (Å²) in [4.78, 5) is 4.49. The van der Waals surface area contributed by atoms with Crippen molar-refractivity contribution in [1.29, 1.82) is 0 Å². The number of aromatic nitrogens is 2. The van der Waals surface area contributed by atoms with E-state index in [1.54, 1.807) is 0 Å². The Morgan fingerprint density at radius 2 is 1.49 bits per heavy atom. The quantitative estimate of drug-likeness (QED) is 0.148. The van der Waals surface area contributed by atoms with Gasteiger partial charge in [-0.2, -0.15) is 0 Å². The molecule has 0 radical (unpaired) electrons. The number of hydrogen-bond donors (Lipinski definition) is 0. The predicted octanol–water partition coefficient (Wildman–Crippen LogP) is 8.51. The molecule has 0 aliphatic heterocycles. The first-order valence-corrected chi connectivity index (χ1v) is 13.8. The highest BCUT2D eigenvalue weighted by molar-refractivity contribution is 7.18. The van der Waals surface area contributed by atoms with Crippen LogP contribution >= 0.6 is 11.3 Å². The number of nitrogens with zero attached hydrogens (tertiary/aromatic N) is 3. The molecule has 35 heavy (non-hydrogen) atoms. The second kappa shape index (κ2) is 15.3. The van der Waals surface area contributed by atoms with Crippen molar-refractivity contribution >= 4 is 22.7 Å². The number of ether oxygens (including phenoxy) is 2. The van der Waals surface area contributed by atoms with Crippen molar-refractivity contribution in [3.8, 4) is 22.1 Å². The molecule has 0 fully saturated rings. The fourth-order valence-corrected chi connectivity index (χ4v) is 4.16. The van der Waals surface area contributed by atoms with Crippen LogP contribution in [-0.4, -0.2) is 29.6 Å². The molecule has 0 aliphatic carbocycles. The van der Waals surface area contributed by atoms with Gasteiger partial charge in [-0.05, 0) is 66.4 Å². The first-order valence-electron chi connectivity index (χ1n) is 13.0. The molecule has 0 bridgehead atoms. The normalized spacial score (nSPS) is 12.2. The Labute approximate surface area is 214 Å². The number of aliphatic imine (C=N–C) groups is 1. The zero-order valence-electron chi connectivity index (χ0n) is 21.4. The Morgan fingerprint density at radius 3 is 2.20 bits per heavy atom. The fourth-order valence-electron chi connectivity index (χ4n) is 3.46. The molecular formula is C29H39N3O2S. The minimum absolute atomic E-state index is 0.557. The van der Waals surface area contributed by atoms with Gasteiger partial charge in [0.1, 0.15) is 16.5 Å². The highest BCUT2D eigenvalue weighted by Gasteiger charge is 2.06. The molecule has 5 nitrogen and oxygen atoms in total. The van der Waals surface area contributed by atoms with E-state index in [1.165, 1.54) is 49.9 Å². The van der Waals surface area contributed by atoms with Gasteiger partial charge >= 0.3 is 0 Å². The van der Waals surface area contributed by atoms with Crippen LogP contribution in [0.15, 0.2) is 53.5 Å². The minimum Gasteiger partial charge on any atom is -0.494 e. The molecule has 0 saturated carbocycles. The number of rotatable bonds is 16. The summed E-state index contributed by atoms with van der Waals surface area (Å²) >= 11 is 1.47. The molecule has 3 aromatic rings. The number of benzene rings is 2. The van der Waals surface area contributed by atoms with Gasteiger partial charge in [0.25, 0.3) is 0 Å². The highest BCUT2D eigenvalue weighted by Crippen LogP contribution is 2.29. The van der Waals surface area contributed by atoms with Gasteiger partial charge in [0.15, 0.2) is 0 Å². The van der Waals surface area contributed by atoms with E-state index in [4.69, 9.17) is 9.47 Å². The summed E-state index contributed by atoms with van der Waals surface area (Å²) in [6.07, 6.45) is 11.9. The summed E-state index contributed by atoms with van der Waals surface area (Å²) in [7, 11) is 0. The molecule has 1 heterocycles. The maximum Gasteiger partial charge on any atom is 0.231 e. The van der Waals surface area contributed by atoms with Gasteiger partial charge in [0, 0.05) is 11.8 Å². The third-order valence-electron chi connectivity index (χ3n) is 5.97. The fraction of sp³-hybridized carbons (Fsp3) is 0.483. The van der Waals surface area contributed by atoms with Crippen LogP contribution in [0.5, 0.6) is 11.5 Å². The molecular weight excluding hydrogens is 454 g/mol. The van der Waals surface area contributed by atoms with Gasteiger partial charge in [-0.15, -0.1) is 10.2 Å². The lowest BCUT2D eigenvalue weighted by atomic mass is 10.1. The standard InChI is InChI=1S/C29H39N3O2S/c1-4-6-7-8-9-10-11-20-33-26-18-14-25(15-19-26)28-31-32-29(35-28)30-21-24-12-16-27(17-13-24)34-22-23(3)5-2/h12-19,21,23H,4-11,20,22H2,1-3H3/b30-21+/t23-/m1/s1. The molecule has 0 saturated heterocycles. The third kappa shape index (κ3) is 9.81. The van der Waals surface area contributed by atoms with Gasteiger partial charge in [0.05, 0.1) is 13.2 Å². The largest absolute Gasteiger partial charge is 0.494 e. The van der Waals surface area contributed by atoms with Gasteiger partial charge in [-0.1, -0.05) is 77.1 Å². The van der Waals surface area contributed by atoms with Crippen LogP contribution in [-0.2, 0) is 0 Å². The van der Waals surface area contributed by atoms with Crippen molar-refractivity contribution < 1.29 is 9.47 Å². The van der Waals surface area contributed by atoms with Crippen LogP contribution in [0.3, 0.4) is 0 Å². The zero-order valence-corrected chi connectivity index (χ0v) is 22.2. The second-order valence-corrected chi connectivity index (χ2v) is 9.99. The Morgan fingerprint density at radius 1 is 0.829 bits per heavy atom. The van der Waals surface area contributed by atoms with E-state index < -0.39 is 0 Å². The van der Waals surface area contributed by atoms with Crippen LogP contribution in [0.1, 0.15) is 77.7 Å². The molecule has 0 N–H and O–H groups in total. The van der Waals surface area contributed by atoms with Crippen LogP contribution < -0.4 is 9.47 Å². The average Bonchev–Trinajstić information content (AvgIpc) is 3.37. The smallest absolute Gasteiger partial charge is 0.231 e. The van der Waals surface area contributed by atoms with Crippen LogP contribution in [0.4, 0.5) is 5.13 Å². The Hall–Kier alpha value is -2.73. The summed E-state index contributed by atoms with van der Waals surface area (Å²) in [5, 5.41) is 10.0. The van der Waals surface area contributed by atoms with E-state index in [0.29, 0.717) is 11.0 Å². The van der Waals surface area contributed by atoms with Gasteiger partial charge < -0.3 is 9.47 Å². The van der Waals surface area contributed by atoms with Crippen LogP contribution in [0, 0.1) is 5.92 Å². The molecule has 188 valence electrons. The number of unbranched alkanes of at least 4 members (excludes halogenated alkanes) is 6. The maximum atomic E-state index is 5.89. The predicted molar refractivity (Wildman–Crippen MR) is 147 cm³/mol. The molecule has 2 aromatic carbocycles. The lowest BCUT2D eigenvalue weighted by Gasteiger charge is -2.10. The molecule has 1 aromatic heterocycles. The van der Waals surface area contributed by atoms with Crippen molar-refractivity contribution in [1.82, 2.24) is 10.2 Å². The van der Waals surface area contributed by atoms with E-state index in [0.717, 1.165) is 53.7 Å². The van der Waals surface area contributed by atoms with Crippen molar-refractivity contribution in [2.75, 3.05) is 13.2 Å². The van der Waals surface area contributed by atoms with Gasteiger partial charge in [0.2, 0.25) is 5.13 Å². The van der Waals surface area contributed by atoms with E-state index in [1.807, 2.05) is 54.7 Å². The Bertz CT molecular complexity index is 1000. The summed E-state index contributed by atoms with van der Waals surface area (Å²) in [5.41, 5.74) is 2.02. The first-order chi connectivity index (χ1) is 17.2. The Balaban J connectivity index is 1.43. The molecule has 3 rings (SSSR count). The highest BCUT2D eigenvalue weighted by atomic mass is 32.1. The lowest BCUT2D eigenvalue weighted by Crippen LogP contribution is -2.07. The van der Waals surface area contributed by atoms with E-state index in [-0.39, 0.29) is 0 Å². The summed E-state index contributed by atoms with van der Waals surface area (Å²) in [6, 6.07) is 16.0. The second-order valence-electron chi connectivity index (χ2n) is 9.04. The number of hydrogen-bond acceptors (Lipinski definition) is 6. The van der Waals surface area contributed by atoms with Crippen molar-refractivity contribution in [3.05, 3.63) is 54.1 Å². The topological polar surface area (TPSA) is 56.6 Å². The maximum absolute atomic E-state index is 5.89. The SMILES string of the molecule is CCCCCCCCCOc1ccc(-c2nnc(/N=C/c3ccc(OC[C@H](C)CC)cc3)s2)cc1. The van der Waals surface area contributed by atoms with Gasteiger partial charge in [-0.3, -0.25) is 0 Å². The van der Waals surface area contributed by atoms with E-state index in [9.17, 15) is 0 Å². The minimum atomic E-state index is 0.557. The van der Waals surface area contributed by atoms with Crippen LogP contribution in [0.25, 0.3) is 10.6 Å². The monoisotopic (exact) mass is 493 g/mol. The van der Waals surface area contributed by atoms with Gasteiger partial charge in [-0.25, -0.2) is 4.99 Å². The molecule has 0 amide bonds. The first kappa shape index (κ1) is 26.9. The third-order valence-corrected chi connectivity index (χ3v) is 6.85. The van der Waals surface area contributed by atoms with Crippen molar-refractivity contribution in [2.24, 2.45) is 10.9 Å². The summed E-state index contributed by atoms with van der Waals surface area (Å²) < 4.78 is 11.7. The van der Waals surface area contributed by atoms with E-state index >= 15 is 0 Å². The molecule has 0 unspecified atom stereocenters. The Kier molecular flexibility index (Phi) is 11.7. The van der Waals surface area contributed by atoms with Crippen LogP contribution in [0.2, 0.25) is 0 Å². The average molecular weight is 494 g/mol. The molecule has 0 spiro atoms. The van der Waals surface area contributed by atoms with Crippen molar-refractivity contribution in [2.45, 2.75) is 72.1 Å². The molecule has 1 atom stereocenters. The molecule has 6 heteroatoms. The lowest BCUT2D eigenvalue weighted by molar-refractivity contribution is 0.256. The summed E-state index contributed by atoms with van der Waals surface area (Å²) in [6.45, 7) is 8.13. The van der Waals surface area contributed by atoms with E-state index in [2.05, 4.69) is 36.0 Å². The molecule has 0 aliphatic rings. The zero-order chi connectivity index (χ0) is 24.7. The summed E-state index contributed by atoms with van der Waals surface area (Å²) in [5.74, 6) is 2.34.